The summed E-state index contributed by atoms with van der Waals surface area (Å²) in [6.07, 6.45) is 14.0. The fourth-order valence-electron chi connectivity index (χ4n) is 5.64. The number of hydrogen-bond donors (Lipinski definition) is 4. The quantitative estimate of drug-likeness (QED) is 0.138. The minimum atomic E-state index is -0.307. The summed E-state index contributed by atoms with van der Waals surface area (Å²) in [5, 5.41) is 11.1. The van der Waals surface area contributed by atoms with E-state index in [1.165, 1.54) is 55.6 Å². The molecule has 1 aromatic carbocycles. The fraction of sp³-hybridized carbons (Fsp3) is 0.484. The van der Waals surface area contributed by atoms with E-state index in [1.807, 2.05) is 24.8 Å². The molecule has 4 rings (SSSR count). The Bertz CT molecular complexity index is 1090. The Hall–Kier alpha value is -3.16. The topological polar surface area (TPSA) is 88.4 Å². The highest BCUT2D eigenvalue weighted by molar-refractivity contribution is 5.40. The molecule has 0 bridgehead atoms. The number of aromatic amines is 3. The number of benzene rings is 1. The molecular formula is C31H45N7. The average Bonchev–Trinajstić information content (AvgIpc) is 3.73. The van der Waals surface area contributed by atoms with Crippen molar-refractivity contribution in [3.05, 3.63) is 95.6 Å². The Kier molecular flexibility index (Phi) is 10.4. The Morgan fingerprint density at radius 2 is 1.76 bits per heavy atom. The number of H-pyrrole nitrogens is 3. The van der Waals surface area contributed by atoms with Crippen LogP contribution in [0.3, 0.4) is 0 Å². The molecule has 2 unspecified atom stereocenters. The average molecular weight is 516 g/mol. The van der Waals surface area contributed by atoms with Gasteiger partial charge < -0.3 is 20.2 Å². The van der Waals surface area contributed by atoms with Crippen molar-refractivity contribution < 1.29 is 0 Å². The smallest absolute Gasteiger partial charge is 0.107 e. The van der Waals surface area contributed by atoms with Gasteiger partial charge in [0.1, 0.15) is 5.82 Å². The highest BCUT2D eigenvalue weighted by Crippen LogP contribution is 2.37. The summed E-state index contributed by atoms with van der Waals surface area (Å²) in [5.74, 6) is 0.968. The summed E-state index contributed by atoms with van der Waals surface area (Å²) < 4.78 is 0. The number of imidazole rings is 1. The Balaban J connectivity index is 1.42. The van der Waals surface area contributed by atoms with Crippen LogP contribution in [0.15, 0.2) is 67.3 Å². The zero-order valence-electron chi connectivity index (χ0n) is 23.3. The first kappa shape index (κ1) is 27.9. The van der Waals surface area contributed by atoms with E-state index in [2.05, 4.69) is 98.6 Å². The molecule has 3 aromatic heterocycles. The van der Waals surface area contributed by atoms with E-state index < -0.39 is 0 Å². The molecule has 7 heteroatoms. The molecule has 7 nitrogen and oxygen atoms in total. The molecule has 2 atom stereocenters. The summed E-state index contributed by atoms with van der Waals surface area (Å²) in [6, 6.07) is 16.1. The number of nitrogens with zero attached hydrogens (tertiary/aromatic N) is 3. The molecule has 0 aliphatic heterocycles. The monoisotopic (exact) mass is 515 g/mol. The Labute approximate surface area is 227 Å². The van der Waals surface area contributed by atoms with E-state index in [0.29, 0.717) is 6.04 Å². The van der Waals surface area contributed by atoms with Crippen molar-refractivity contribution in [1.29, 1.82) is 0 Å². The van der Waals surface area contributed by atoms with Crippen LogP contribution in [-0.4, -0.2) is 55.7 Å². The van der Waals surface area contributed by atoms with Crippen LogP contribution in [0.25, 0.3) is 0 Å². The van der Waals surface area contributed by atoms with Gasteiger partial charge in [-0.1, -0.05) is 38.1 Å². The van der Waals surface area contributed by atoms with Crippen LogP contribution >= 0.6 is 0 Å². The normalized spacial score (nSPS) is 14.1. The lowest BCUT2D eigenvalue weighted by Crippen LogP contribution is -2.35. The van der Waals surface area contributed by atoms with E-state index in [4.69, 9.17) is 0 Å². The van der Waals surface area contributed by atoms with Crippen molar-refractivity contribution in [2.75, 3.05) is 19.6 Å². The molecule has 4 N–H and O–H groups in total. The molecule has 0 fully saturated rings. The highest BCUT2D eigenvalue weighted by atomic mass is 15.1. The highest BCUT2D eigenvalue weighted by Gasteiger charge is 2.37. The largest absolute Gasteiger partial charge is 0.364 e. The number of rotatable bonds is 17. The van der Waals surface area contributed by atoms with Crippen LogP contribution in [0.5, 0.6) is 0 Å². The van der Waals surface area contributed by atoms with Crippen molar-refractivity contribution >= 4 is 0 Å². The first-order valence-corrected chi connectivity index (χ1v) is 14.3. The maximum atomic E-state index is 4.58. The molecule has 204 valence electrons. The SMILES string of the molecule is CCCN(CCC)C(C)CCCNCc1ccc(C(Cc2ccn[nH]2)(Cc2ncc[nH]2)c2ccc[nH]2)cc1. The summed E-state index contributed by atoms with van der Waals surface area (Å²) in [6.45, 7) is 11.3. The minimum Gasteiger partial charge on any atom is -0.364 e. The van der Waals surface area contributed by atoms with Gasteiger partial charge in [0.15, 0.2) is 0 Å². The Morgan fingerprint density at radius 1 is 0.947 bits per heavy atom. The van der Waals surface area contributed by atoms with Gasteiger partial charge in [-0.05, 0) is 81.6 Å². The lowest BCUT2D eigenvalue weighted by atomic mass is 9.71. The van der Waals surface area contributed by atoms with Crippen LogP contribution < -0.4 is 5.32 Å². The van der Waals surface area contributed by atoms with Gasteiger partial charge in [0.05, 0.1) is 0 Å². The molecule has 4 aromatic rings. The predicted molar refractivity (Wildman–Crippen MR) is 155 cm³/mol. The van der Waals surface area contributed by atoms with E-state index in [9.17, 15) is 0 Å². The lowest BCUT2D eigenvalue weighted by Gasteiger charge is -2.33. The van der Waals surface area contributed by atoms with Gasteiger partial charge in [-0.25, -0.2) is 4.98 Å². The molecule has 0 aliphatic rings. The second-order valence-electron chi connectivity index (χ2n) is 10.5. The minimum absolute atomic E-state index is 0.307. The van der Waals surface area contributed by atoms with Crippen LogP contribution in [-0.2, 0) is 24.8 Å². The number of hydrogen-bond acceptors (Lipinski definition) is 4. The zero-order valence-corrected chi connectivity index (χ0v) is 23.3. The van der Waals surface area contributed by atoms with E-state index in [0.717, 1.165) is 37.4 Å². The molecule has 3 heterocycles. The second-order valence-corrected chi connectivity index (χ2v) is 10.5. The molecule has 38 heavy (non-hydrogen) atoms. The van der Waals surface area contributed by atoms with Crippen LogP contribution in [0, 0.1) is 0 Å². The lowest BCUT2D eigenvalue weighted by molar-refractivity contribution is 0.197. The maximum Gasteiger partial charge on any atom is 0.107 e. The fourth-order valence-corrected chi connectivity index (χ4v) is 5.64. The van der Waals surface area contributed by atoms with Gasteiger partial charge in [-0.3, -0.25) is 5.10 Å². The molecular weight excluding hydrogens is 470 g/mol. The van der Waals surface area contributed by atoms with Crippen LogP contribution in [0.1, 0.15) is 74.8 Å². The third kappa shape index (κ3) is 7.23. The molecule has 0 saturated heterocycles. The second kappa shape index (κ2) is 14.1. The zero-order chi connectivity index (χ0) is 26.6. The van der Waals surface area contributed by atoms with E-state index >= 15 is 0 Å². The summed E-state index contributed by atoms with van der Waals surface area (Å²) in [7, 11) is 0. The van der Waals surface area contributed by atoms with Crippen molar-refractivity contribution in [1.82, 2.24) is 35.4 Å². The summed E-state index contributed by atoms with van der Waals surface area (Å²) >= 11 is 0. The van der Waals surface area contributed by atoms with Gasteiger partial charge in [0, 0.05) is 67.0 Å². The number of nitrogens with one attached hydrogen (secondary N) is 4. The van der Waals surface area contributed by atoms with Crippen molar-refractivity contribution in [3.63, 3.8) is 0 Å². The third-order valence-corrected chi connectivity index (χ3v) is 7.64. The number of aromatic nitrogens is 5. The predicted octanol–water partition coefficient (Wildman–Crippen LogP) is 5.61. The molecule has 0 amide bonds. The first-order valence-electron chi connectivity index (χ1n) is 14.3. The summed E-state index contributed by atoms with van der Waals surface area (Å²) in [5.41, 5.74) is 4.53. The van der Waals surface area contributed by atoms with Gasteiger partial charge in [-0.2, -0.15) is 5.10 Å². The van der Waals surface area contributed by atoms with Crippen molar-refractivity contribution in [2.24, 2.45) is 0 Å². The molecule has 0 spiro atoms. The van der Waals surface area contributed by atoms with Gasteiger partial charge in [0.2, 0.25) is 0 Å². The molecule has 0 aliphatic carbocycles. The molecule has 0 radical (unpaired) electrons. The molecule has 0 saturated carbocycles. The van der Waals surface area contributed by atoms with Crippen LogP contribution in [0.2, 0.25) is 0 Å². The Morgan fingerprint density at radius 3 is 2.39 bits per heavy atom. The van der Waals surface area contributed by atoms with Crippen molar-refractivity contribution in [3.8, 4) is 0 Å². The first-order chi connectivity index (χ1) is 18.6. The van der Waals surface area contributed by atoms with E-state index in [1.54, 1.807) is 0 Å². The summed E-state index contributed by atoms with van der Waals surface area (Å²) in [4.78, 5) is 14.0. The van der Waals surface area contributed by atoms with E-state index in [-0.39, 0.29) is 5.41 Å². The van der Waals surface area contributed by atoms with Crippen molar-refractivity contribution in [2.45, 2.75) is 77.3 Å². The third-order valence-electron chi connectivity index (χ3n) is 7.64. The van der Waals surface area contributed by atoms with Crippen LogP contribution in [0.4, 0.5) is 0 Å². The van der Waals surface area contributed by atoms with Gasteiger partial charge >= 0.3 is 0 Å². The van der Waals surface area contributed by atoms with Gasteiger partial charge in [-0.15, -0.1) is 0 Å². The van der Waals surface area contributed by atoms with Gasteiger partial charge in [0.25, 0.3) is 0 Å². The maximum absolute atomic E-state index is 4.58. The standard InChI is InChI=1S/C31H45N7/c1-4-20-38(21-5-2)25(3)8-6-15-32-24-26-10-12-27(13-11-26)31(29-9-7-16-33-29,22-28-14-17-36-37-28)23-30-34-18-19-35-30/h7,9-14,16-19,25,32-33H,4-6,8,15,20-24H2,1-3H3,(H,34,35)(H,36,37).